The molecule has 21 heavy (non-hydrogen) atoms. The highest BCUT2D eigenvalue weighted by Crippen LogP contribution is 2.38. The van der Waals surface area contributed by atoms with E-state index in [0.717, 1.165) is 6.07 Å². The van der Waals surface area contributed by atoms with Crippen LogP contribution in [0.25, 0.3) is 0 Å². The molecular formula is C14H11FN2O4. The summed E-state index contributed by atoms with van der Waals surface area (Å²) in [4.78, 5) is 10.3. The zero-order valence-corrected chi connectivity index (χ0v) is 10.7. The Bertz CT molecular complexity index is 720. The lowest BCUT2D eigenvalue weighted by molar-refractivity contribution is -0.384. The minimum Gasteiger partial charge on any atom is -0.508 e. The van der Waals surface area contributed by atoms with E-state index in [9.17, 15) is 19.6 Å². The molecule has 1 unspecified atom stereocenters. The Morgan fingerprint density at radius 3 is 2.95 bits per heavy atom. The quantitative estimate of drug-likeness (QED) is 0.670. The molecule has 0 radical (unpaired) electrons. The maximum Gasteiger partial charge on any atom is 0.295 e. The van der Waals surface area contributed by atoms with Crippen molar-refractivity contribution in [2.75, 3.05) is 11.9 Å². The molecule has 2 N–H and O–H groups in total. The van der Waals surface area contributed by atoms with Gasteiger partial charge in [-0.05, 0) is 18.2 Å². The predicted octanol–water partition coefficient (Wildman–Crippen LogP) is 2.99. The third-order valence-electron chi connectivity index (χ3n) is 3.28. The monoisotopic (exact) mass is 290 g/mol. The van der Waals surface area contributed by atoms with E-state index in [1.165, 1.54) is 24.3 Å². The number of para-hydroxylation sites is 1. The Morgan fingerprint density at radius 1 is 1.38 bits per heavy atom. The van der Waals surface area contributed by atoms with Gasteiger partial charge in [0.1, 0.15) is 23.8 Å². The lowest BCUT2D eigenvalue weighted by atomic mass is 10.1. The molecule has 1 aliphatic rings. The smallest absolute Gasteiger partial charge is 0.295 e. The first kappa shape index (κ1) is 13.2. The Morgan fingerprint density at radius 2 is 2.19 bits per heavy atom. The van der Waals surface area contributed by atoms with Crippen LogP contribution in [0.2, 0.25) is 0 Å². The first-order chi connectivity index (χ1) is 10.1. The number of hydrogen-bond acceptors (Lipinski definition) is 5. The van der Waals surface area contributed by atoms with Crippen molar-refractivity contribution in [3.05, 3.63) is 57.9 Å². The van der Waals surface area contributed by atoms with Crippen molar-refractivity contribution >= 4 is 11.4 Å². The van der Waals surface area contributed by atoms with Crippen molar-refractivity contribution in [3.8, 4) is 11.5 Å². The van der Waals surface area contributed by atoms with Crippen molar-refractivity contribution in [2.45, 2.75) is 6.04 Å². The van der Waals surface area contributed by atoms with E-state index in [1.807, 2.05) is 0 Å². The maximum atomic E-state index is 13.9. The summed E-state index contributed by atoms with van der Waals surface area (Å²) in [5, 5.41) is 23.2. The van der Waals surface area contributed by atoms with Gasteiger partial charge in [-0.3, -0.25) is 10.1 Å². The first-order valence-electron chi connectivity index (χ1n) is 6.21. The van der Waals surface area contributed by atoms with Crippen LogP contribution in [0.4, 0.5) is 15.8 Å². The average Bonchev–Trinajstić information content (AvgIpc) is 2.83. The molecule has 0 saturated carbocycles. The van der Waals surface area contributed by atoms with Crippen molar-refractivity contribution in [3.63, 3.8) is 0 Å². The number of nitrogens with zero attached hydrogens (tertiary/aromatic N) is 1. The van der Waals surface area contributed by atoms with E-state index in [-0.39, 0.29) is 23.7 Å². The summed E-state index contributed by atoms with van der Waals surface area (Å²) in [7, 11) is 0. The average molecular weight is 290 g/mol. The molecule has 0 spiro atoms. The molecular weight excluding hydrogens is 279 g/mol. The van der Waals surface area contributed by atoms with Crippen LogP contribution in [0.15, 0.2) is 36.4 Å². The normalized spacial score (nSPS) is 16.1. The number of rotatable bonds is 3. The predicted molar refractivity (Wildman–Crippen MR) is 73.0 cm³/mol. The minimum absolute atomic E-state index is 0.0614. The largest absolute Gasteiger partial charge is 0.508 e. The highest BCUT2D eigenvalue weighted by Gasteiger charge is 2.28. The molecule has 2 aromatic carbocycles. The van der Waals surface area contributed by atoms with Gasteiger partial charge in [-0.25, -0.2) is 4.39 Å². The van der Waals surface area contributed by atoms with Gasteiger partial charge in [0, 0.05) is 17.7 Å². The van der Waals surface area contributed by atoms with E-state index >= 15 is 0 Å². The highest BCUT2D eigenvalue weighted by atomic mass is 19.1. The number of benzene rings is 2. The number of aromatic hydroxyl groups is 1. The van der Waals surface area contributed by atoms with Gasteiger partial charge in [-0.1, -0.05) is 6.07 Å². The lowest BCUT2D eigenvalue weighted by Gasteiger charge is -2.14. The molecule has 0 saturated heterocycles. The molecule has 108 valence electrons. The summed E-state index contributed by atoms with van der Waals surface area (Å²) >= 11 is 0. The molecule has 6 nitrogen and oxygen atoms in total. The second-order valence-electron chi connectivity index (χ2n) is 4.62. The topological polar surface area (TPSA) is 84.6 Å². The Labute approximate surface area is 118 Å². The molecule has 1 heterocycles. The number of fused-ring (bicyclic) bond motifs is 1. The van der Waals surface area contributed by atoms with E-state index in [1.54, 1.807) is 6.07 Å². The van der Waals surface area contributed by atoms with Gasteiger partial charge in [-0.15, -0.1) is 0 Å². The van der Waals surface area contributed by atoms with Crippen molar-refractivity contribution in [1.29, 1.82) is 0 Å². The van der Waals surface area contributed by atoms with E-state index in [0.29, 0.717) is 11.3 Å². The summed E-state index contributed by atoms with van der Waals surface area (Å²) in [6.45, 7) is 0.199. The molecule has 3 rings (SSSR count). The van der Waals surface area contributed by atoms with Crippen LogP contribution < -0.4 is 10.1 Å². The summed E-state index contributed by atoms with van der Waals surface area (Å²) in [6.07, 6.45) is 0. The molecule has 0 aliphatic carbocycles. The van der Waals surface area contributed by atoms with Crippen LogP contribution in [0, 0.1) is 15.9 Å². The molecule has 7 heteroatoms. The van der Waals surface area contributed by atoms with Crippen molar-refractivity contribution in [1.82, 2.24) is 0 Å². The first-order valence-corrected chi connectivity index (χ1v) is 6.21. The van der Waals surface area contributed by atoms with Crippen LogP contribution in [-0.2, 0) is 0 Å². The fourth-order valence-corrected chi connectivity index (χ4v) is 2.30. The second kappa shape index (κ2) is 4.93. The number of ether oxygens (including phenoxy) is 1. The molecule has 2 aromatic rings. The van der Waals surface area contributed by atoms with Crippen LogP contribution in [0.3, 0.4) is 0 Å². The van der Waals surface area contributed by atoms with E-state index in [2.05, 4.69) is 5.32 Å². The van der Waals surface area contributed by atoms with Crippen LogP contribution >= 0.6 is 0 Å². The molecule has 1 aliphatic heterocycles. The van der Waals surface area contributed by atoms with E-state index < -0.39 is 16.8 Å². The third kappa shape index (κ3) is 2.33. The molecule has 1 atom stereocenters. The fourth-order valence-electron chi connectivity index (χ4n) is 2.30. The molecule has 0 bridgehead atoms. The number of phenols is 1. The van der Waals surface area contributed by atoms with Gasteiger partial charge in [-0.2, -0.15) is 0 Å². The maximum absolute atomic E-state index is 13.9. The highest BCUT2D eigenvalue weighted by molar-refractivity contribution is 5.64. The Hall–Kier alpha value is -2.83. The number of halogens is 1. The van der Waals surface area contributed by atoms with Gasteiger partial charge < -0.3 is 15.2 Å². The van der Waals surface area contributed by atoms with E-state index in [4.69, 9.17) is 4.74 Å². The zero-order chi connectivity index (χ0) is 15.0. The number of nitro groups is 1. The Balaban J connectivity index is 1.95. The summed E-state index contributed by atoms with van der Waals surface area (Å²) < 4.78 is 19.2. The standard InChI is InChI=1S/C14H11FN2O4/c15-10-2-1-3-12(17(19)20)14(10)16-11-7-21-13-6-8(18)4-5-9(11)13/h1-6,11,16,18H,7H2. The SMILES string of the molecule is O=[N+]([O-])c1cccc(F)c1NC1COc2cc(O)ccc21. The number of anilines is 1. The van der Waals surface area contributed by atoms with Gasteiger partial charge in [0.25, 0.3) is 5.69 Å². The lowest BCUT2D eigenvalue weighted by Crippen LogP contribution is -2.14. The van der Waals surface area contributed by atoms with Crippen LogP contribution in [0.5, 0.6) is 11.5 Å². The van der Waals surface area contributed by atoms with Gasteiger partial charge in [0.2, 0.25) is 0 Å². The third-order valence-corrected chi connectivity index (χ3v) is 3.28. The number of nitro benzene ring substituents is 1. The van der Waals surface area contributed by atoms with Gasteiger partial charge in [0.05, 0.1) is 11.0 Å². The van der Waals surface area contributed by atoms with Crippen LogP contribution in [-0.4, -0.2) is 16.6 Å². The summed E-state index contributed by atoms with van der Waals surface area (Å²) in [5.74, 6) is -0.158. The summed E-state index contributed by atoms with van der Waals surface area (Å²) in [5.41, 5.74) is 0.213. The second-order valence-corrected chi connectivity index (χ2v) is 4.62. The van der Waals surface area contributed by atoms with Gasteiger partial charge in [0.15, 0.2) is 5.82 Å². The molecule has 0 fully saturated rings. The zero-order valence-electron chi connectivity index (χ0n) is 10.7. The Kier molecular flexibility index (Phi) is 3.09. The minimum atomic E-state index is -0.698. The summed E-state index contributed by atoms with van der Waals surface area (Å²) in [6, 6.07) is 7.83. The number of nitrogens with one attached hydrogen (secondary N) is 1. The fraction of sp³-hybridized carbons (Fsp3) is 0.143. The number of hydrogen-bond donors (Lipinski definition) is 2. The van der Waals surface area contributed by atoms with Crippen molar-refractivity contribution in [2.24, 2.45) is 0 Å². The molecule has 0 amide bonds. The van der Waals surface area contributed by atoms with Crippen LogP contribution in [0.1, 0.15) is 11.6 Å². The molecule has 0 aromatic heterocycles. The van der Waals surface area contributed by atoms with Crippen molar-refractivity contribution < 1.29 is 19.2 Å². The van der Waals surface area contributed by atoms with Gasteiger partial charge >= 0.3 is 0 Å². The number of phenolic OH excluding ortho intramolecular Hbond substituents is 1.